The van der Waals surface area contributed by atoms with Crippen LogP contribution >= 0.6 is 0 Å². The topological polar surface area (TPSA) is 15.3 Å². The lowest BCUT2D eigenvalue weighted by molar-refractivity contribution is 0.0402. The minimum atomic E-state index is 0.300. The normalized spacial score (nSPS) is 31.1. The van der Waals surface area contributed by atoms with Gasteiger partial charge in [-0.1, -0.05) is 13.8 Å². The standard InChI is InChI=1S/C12H26N2/c1-9(2)11-8-14(12(4,5)6)10(3)7-13-11/h9-11,13H,7-8H2,1-6H3. The van der Waals surface area contributed by atoms with Gasteiger partial charge in [0.15, 0.2) is 0 Å². The molecule has 1 heterocycles. The second kappa shape index (κ2) is 4.19. The Labute approximate surface area is 89.1 Å². The number of hydrogen-bond acceptors (Lipinski definition) is 2. The molecule has 2 heteroatoms. The van der Waals surface area contributed by atoms with Crippen molar-refractivity contribution in [1.29, 1.82) is 0 Å². The SMILES string of the molecule is CC(C)C1CN(C(C)(C)C)C(C)CN1. The van der Waals surface area contributed by atoms with Gasteiger partial charge in [0, 0.05) is 30.7 Å². The van der Waals surface area contributed by atoms with Crippen LogP contribution in [0.15, 0.2) is 0 Å². The Hall–Kier alpha value is -0.0800. The second-order valence-corrected chi connectivity index (χ2v) is 5.93. The van der Waals surface area contributed by atoms with Crippen LogP contribution in [0.5, 0.6) is 0 Å². The quantitative estimate of drug-likeness (QED) is 0.694. The van der Waals surface area contributed by atoms with Gasteiger partial charge in [-0.2, -0.15) is 0 Å². The molecule has 2 unspecified atom stereocenters. The van der Waals surface area contributed by atoms with Gasteiger partial charge < -0.3 is 5.32 Å². The van der Waals surface area contributed by atoms with Crippen molar-refractivity contribution in [1.82, 2.24) is 10.2 Å². The van der Waals surface area contributed by atoms with Gasteiger partial charge in [0.25, 0.3) is 0 Å². The molecule has 84 valence electrons. The molecule has 1 fully saturated rings. The predicted molar refractivity (Wildman–Crippen MR) is 62.5 cm³/mol. The highest BCUT2D eigenvalue weighted by molar-refractivity contribution is 4.91. The Morgan fingerprint density at radius 3 is 2.29 bits per heavy atom. The van der Waals surface area contributed by atoms with E-state index in [2.05, 4.69) is 51.8 Å². The zero-order valence-corrected chi connectivity index (χ0v) is 10.6. The minimum absolute atomic E-state index is 0.300. The maximum Gasteiger partial charge on any atom is 0.0218 e. The van der Waals surface area contributed by atoms with Crippen LogP contribution in [0, 0.1) is 5.92 Å². The largest absolute Gasteiger partial charge is 0.311 e. The fourth-order valence-electron chi connectivity index (χ4n) is 2.27. The highest BCUT2D eigenvalue weighted by atomic mass is 15.3. The van der Waals surface area contributed by atoms with Crippen LogP contribution in [0.1, 0.15) is 41.5 Å². The lowest BCUT2D eigenvalue weighted by Crippen LogP contribution is -2.62. The molecule has 0 bridgehead atoms. The number of rotatable bonds is 1. The minimum Gasteiger partial charge on any atom is -0.311 e. The zero-order valence-electron chi connectivity index (χ0n) is 10.6. The number of piperazine rings is 1. The summed E-state index contributed by atoms with van der Waals surface area (Å²) in [7, 11) is 0. The first kappa shape index (κ1) is 12.0. The van der Waals surface area contributed by atoms with Crippen LogP contribution in [0.2, 0.25) is 0 Å². The van der Waals surface area contributed by atoms with Gasteiger partial charge in [-0.05, 0) is 33.6 Å². The Balaban J connectivity index is 2.65. The zero-order chi connectivity index (χ0) is 10.9. The molecule has 0 aromatic heterocycles. The third kappa shape index (κ3) is 2.71. The Morgan fingerprint density at radius 2 is 1.86 bits per heavy atom. The fraction of sp³-hybridized carbons (Fsp3) is 1.00. The van der Waals surface area contributed by atoms with E-state index in [0.717, 1.165) is 12.5 Å². The maximum absolute atomic E-state index is 3.63. The van der Waals surface area contributed by atoms with E-state index in [1.807, 2.05) is 0 Å². The van der Waals surface area contributed by atoms with Crippen molar-refractivity contribution in [2.75, 3.05) is 13.1 Å². The third-order valence-electron chi connectivity index (χ3n) is 3.27. The summed E-state index contributed by atoms with van der Waals surface area (Å²) in [5.41, 5.74) is 0.300. The van der Waals surface area contributed by atoms with Gasteiger partial charge in [-0.25, -0.2) is 0 Å². The van der Waals surface area contributed by atoms with Crippen molar-refractivity contribution in [2.24, 2.45) is 5.92 Å². The van der Waals surface area contributed by atoms with E-state index in [0.29, 0.717) is 17.6 Å². The summed E-state index contributed by atoms with van der Waals surface area (Å²) in [6.45, 7) is 16.2. The number of nitrogens with one attached hydrogen (secondary N) is 1. The molecule has 1 N–H and O–H groups in total. The summed E-state index contributed by atoms with van der Waals surface area (Å²) in [6.07, 6.45) is 0. The average Bonchev–Trinajstić information content (AvgIpc) is 2.02. The molecule has 0 radical (unpaired) electrons. The molecule has 0 aromatic rings. The van der Waals surface area contributed by atoms with Crippen molar-refractivity contribution in [3.05, 3.63) is 0 Å². The molecule has 1 aliphatic rings. The van der Waals surface area contributed by atoms with Crippen LogP contribution in [0.3, 0.4) is 0 Å². The van der Waals surface area contributed by atoms with Gasteiger partial charge in [0.05, 0.1) is 0 Å². The molecule has 1 saturated heterocycles. The highest BCUT2D eigenvalue weighted by Gasteiger charge is 2.33. The van der Waals surface area contributed by atoms with E-state index in [1.165, 1.54) is 6.54 Å². The van der Waals surface area contributed by atoms with Crippen LogP contribution in [0.4, 0.5) is 0 Å². The van der Waals surface area contributed by atoms with E-state index >= 15 is 0 Å². The predicted octanol–water partition coefficient (Wildman–Crippen LogP) is 2.10. The van der Waals surface area contributed by atoms with E-state index < -0.39 is 0 Å². The molecule has 0 aliphatic carbocycles. The average molecular weight is 198 g/mol. The molecule has 0 spiro atoms. The summed E-state index contributed by atoms with van der Waals surface area (Å²) in [5, 5.41) is 3.63. The molecule has 1 rings (SSSR count). The van der Waals surface area contributed by atoms with Gasteiger partial charge in [-0.3, -0.25) is 4.90 Å². The first-order valence-electron chi connectivity index (χ1n) is 5.82. The van der Waals surface area contributed by atoms with E-state index in [1.54, 1.807) is 0 Å². The summed E-state index contributed by atoms with van der Waals surface area (Å²) in [5.74, 6) is 0.729. The van der Waals surface area contributed by atoms with Gasteiger partial charge >= 0.3 is 0 Å². The summed E-state index contributed by atoms with van der Waals surface area (Å²) < 4.78 is 0. The summed E-state index contributed by atoms with van der Waals surface area (Å²) in [6, 6.07) is 1.32. The van der Waals surface area contributed by atoms with Crippen LogP contribution in [-0.4, -0.2) is 35.6 Å². The Morgan fingerprint density at radius 1 is 1.29 bits per heavy atom. The molecular formula is C12H26N2. The molecule has 2 nitrogen and oxygen atoms in total. The van der Waals surface area contributed by atoms with Crippen molar-refractivity contribution < 1.29 is 0 Å². The molecule has 0 aromatic carbocycles. The van der Waals surface area contributed by atoms with Crippen LogP contribution in [-0.2, 0) is 0 Å². The highest BCUT2D eigenvalue weighted by Crippen LogP contribution is 2.21. The second-order valence-electron chi connectivity index (χ2n) is 5.93. The summed E-state index contributed by atoms with van der Waals surface area (Å²) in [4.78, 5) is 2.62. The molecular weight excluding hydrogens is 172 g/mol. The molecule has 1 aliphatic heterocycles. The lowest BCUT2D eigenvalue weighted by atomic mass is 9.94. The lowest BCUT2D eigenvalue weighted by Gasteiger charge is -2.47. The molecule has 0 amide bonds. The van der Waals surface area contributed by atoms with Crippen molar-refractivity contribution in [3.63, 3.8) is 0 Å². The smallest absolute Gasteiger partial charge is 0.0218 e. The van der Waals surface area contributed by atoms with Gasteiger partial charge in [-0.15, -0.1) is 0 Å². The van der Waals surface area contributed by atoms with Gasteiger partial charge in [0.1, 0.15) is 0 Å². The first-order valence-corrected chi connectivity index (χ1v) is 5.82. The van der Waals surface area contributed by atoms with Crippen molar-refractivity contribution in [3.8, 4) is 0 Å². The Kier molecular flexibility index (Phi) is 3.59. The summed E-state index contributed by atoms with van der Waals surface area (Å²) >= 11 is 0. The van der Waals surface area contributed by atoms with Crippen LogP contribution < -0.4 is 5.32 Å². The van der Waals surface area contributed by atoms with Crippen molar-refractivity contribution >= 4 is 0 Å². The first-order chi connectivity index (χ1) is 6.32. The van der Waals surface area contributed by atoms with Crippen LogP contribution in [0.25, 0.3) is 0 Å². The number of hydrogen-bond donors (Lipinski definition) is 1. The number of nitrogens with zero attached hydrogens (tertiary/aromatic N) is 1. The maximum atomic E-state index is 3.63. The van der Waals surface area contributed by atoms with E-state index in [9.17, 15) is 0 Å². The molecule has 2 atom stereocenters. The van der Waals surface area contributed by atoms with E-state index in [-0.39, 0.29) is 0 Å². The molecule has 0 saturated carbocycles. The Bertz CT molecular complexity index is 181. The van der Waals surface area contributed by atoms with Crippen molar-refractivity contribution in [2.45, 2.75) is 59.2 Å². The third-order valence-corrected chi connectivity index (χ3v) is 3.27. The van der Waals surface area contributed by atoms with Gasteiger partial charge in [0.2, 0.25) is 0 Å². The molecule has 14 heavy (non-hydrogen) atoms. The fourth-order valence-corrected chi connectivity index (χ4v) is 2.27. The van der Waals surface area contributed by atoms with E-state index in [4.69, 9.17) is 0 Å². The monoisotopic (exact) mass is 198 g/mol.